The Balaban J connectivity index is 1.46. The standard InChI is InChI=1S/C23H18F2N4O2S/c24-14-6-9-17(25)18(10-14)27-19(30)12-32-23-28-20-16(13-4-2-1-3-5-13)11-26-21(20)22(31)29(23)15-7-8-15/h1-6,9-11,15,26H,7-8,12H2,(H,27,30). The number of carbonyl (C=O) groups excluding carboxylic acids is 1. The van der Waals surface area contributed by atoms with Crippen LogP contribution in [-0.4, -0.2) is 26.2 Å². The first-order chi connectivity index (χ1) is 15.5. The molecule has 0 saturated heterocycles. The molecule has 0 bridgehead atoms. The molecule has 0 atom stereocenters. The maximum absolute atomic E-state index is 13.8. The van der Waals surface area contributed by atoms with Crippen molar-refractivity contribution in [1.29, 1.82) is 0 Å². The van der Waals surface area contributed by atoms with Crippen molar-refractivity contribution < 1.29 is 13.6 Å². The third-order valence-corrected chi connectivity index (χ3v) is 6.18. The predicted octanol–water partition coefficient (Wildman–Crippen LogP) is 4.74. The Morgan fingerprint density at radius 2 is 1.97 bits per heavy atom. The summed E-state index contributed by atoms with van der Waals surface area (Å²) in [5, 5.41) is 2.80. The molecule has 0 unspecified atom stereocenters. The average molecular weight is 452 g/mol. The molecule has 1 aliphatic rings. The second-order valence-corrected chi connectivity index (χ2v) is 8.50. The number of aromatic amines is 1. The highest BCUT2D eigenvalue weighted by molar-refractivity contribution is 7.99. The van der Waals surface area contributed by atoms with Crippen LogP contribution < -0.4 is 10.9 Å². The molecule has 0 spiro atoms. The lowest BCUT2D eigenvalue weighted by Gasteiger charge is -2.12. The van der Waals surface area contributed by atoms with Gasteiger partial charge in [-0.2, -0.15) is 0 Å². The largest absolute Gasteiger partial charge is 0.355 e. The molecule has 0 radical (unpaired) electrons. The highest BCUT2D eigenvalue weighted by Crippen LogP contribution is 2.37. The van der Waals surface area contributed by atoms with Crippen LogP contribution in [0.15, 0.2) is 64.7 Å². The highest BCUT2D eigenvalue weighted by Gasteiger charge is 2.29. The molecule has 1 saturated carbocycles. The number of hydrogen-bond donors (Lipinski definition) is 2. The van der Waals surface area contributed by atoms with Crippen molar-refractivity contribution in [2.75, 3.05) is 11.1 Å². The minimum atomic E-state index is -0.723. The van der Waals surface area contributed by atoms with Gasteiger partial charge in [0.25, 0.3) is 5.56 Å². The molecule has 1 aliphatic carbocycles. The summed E-state index contributed by atoms with van der Waals surface area (Å²) in [5.41, 5.74) is 2.27. The summed E-state index contributed by atoms with van der Waals surface area (Å²) in [5.74, 6) is -2.00. The molecule has 2 N–H and O–H groups in total. The molecule has 6 nitrogen and oxygen atoms in total. The predicted molar refractivity (Wildman–Crippen MR) is 120 cm³/mol. The fraction of sp³-hybridized carbons (Fsp3) is 0.174. The number of rotatable bonds is 6. The number of amides is 1. The summed E-state index contributed by atoms with van der Waals surface area (Å²) >= 11 is 1.10. The quantitative estimate of drug-likeness (QED) is 0.327. The van der Waals surface area contributed by atoms with E-state index in [1.165, 1.54) is 0 Å². The number of carbonyl (C=O) groups is 1. The van der Waals surface area contributed by atoms with Crippen LogP contribution in [-0.2, 0) is 4.79 Å². The minimum Gasteiger partial charge on any atom is -0.355 e. The Kier molecular flexibility index (Phi) is 5.26. The van der Waals surface area contributed by atoms with E-state index >= 15 is 0 Å². The summed E-state index contributed by atoms with van der Waals surface area (Å²) in [6, 6.07) is 12.5. The van der Waals surface area contributed by atoms with Crippen molar-refractivity contribution in [3.63, 3.8) is 0 Å². The molecule has 1 fully saturated rings. The number of H-pyrrole nitrogens is 1. The van der Waals surface area contributed by atoms with E-state index in [-0.39, 0.29) is 23.0 Å². The van der Waals surface area contributed by atoms with Crippen LogP contribution in [0.4, 0.5) is 14.5 Å². The molecule has 32 heavy (non-hydrogen) atoms. The van der Waals surface area contributed by atoms with Crippen molar-refractivity contribution in [2.24, 2.45) is 0 Å². The van der Waals surface area contributed by atoms with Gasteiger partial charge in [-0.25, -0.2) is 13.8 Å². The molecular weight excluding hydrogens is 434 g/mol. The van der Waals surface area contributed by atoms with E-state index in [4.69, 9.17) is 4.98 Å². The molecular formula is C23H18F2N4O2S. The normalized spacial score (nSPS) is 13.4. The van der Waals surface area contributed by atoms with Crippen molar-refractivity contribution in [1.82, 2.24) is 14.5 Å². The van der Waals surface area contributed by atoms with Crippen molar-refractivity contribution >= 4 is 34.4 Å². The fourth-order valence-electron chi connectivity index (χ4n) is 3.56. The SMILES string of the molecule is O=C(CSc1nc2c(-c3ccccc3)c[nH]c2c(=O)n1C1CC1)Nc1cc(F)ccc1F. The molecule has 2 heterocycles. The second-order valence-electron chi connectivity index (χ2n) is 7.55. The van der Waals surface area contributed by atoms with Crippen LogP contribution in [0, 0.1) is 11.6 Å². The number of nitrogens with one attached hydrogen (secondary N) is 2. The van der Waals surface area contributed by atoms with Crippen LogP contribution in [0.1, 0.15) is 18.9 Å². The van der Waals surface area contributed by atoms with Crippen LogP contribution in [0.5, 0.6) is 0 Å². The Morgan fingerprint density at radius 1 is 1.19 bits per heavy atom. The lowest BCUT2D eigenvalue weighted by molar-refractivity contribution is -0.113. The number of fused-ring (bicyclic) bond motifs is 1. The lowest BCUT2D eigenvalue weighted by atomic mass is 10.1. The van der Waals surface area contributed by atoms with Gasteiger partial charge in [-0.1, -0.05) is 42.1 Å². The van der Waals surface area contributed by atoms with Gasteiger partial charge in [0.05, 0.1) is 11.4 Å². The van der Waals surface area contributed by atoms with Gasteiger partial charge >= 0.3 is 0 Å². The summed E-state index contributed by atoms with van der Waals surface area (Å²) < 4.78 is 28.8. The number of benzene rings is 2. The molecule has 1 amide bonds. The molecule has 4 aromatic rings. The first kappa shape index (κ1) is 20.4. The van der Waals surface area contributed by atoms with Crippen LogP contribution in [0.3, 0.4) is 0 Å². The first-order valence-corrected chi connectivity index (χ1v) is 11.1. The van der Waals surface area contributed by atoms with Gasteiger partial charge in [-0.15, -0.1) is 0 Å². The van der Waals surface area contributed by atoms with Gasteiger partial charge in [0, 0.05) is 23.9 Å². The average Bonchev–Trinajstić information content (AvgIpc) is 3.53. The number of thioether (sulfide) groups is 1. The second kappa shape index (κ2) is 8.23. The maximum atomic E-state index is 13.8. The van der Waals surface area contributed by atoms with Crippen molar-refractivity contribution in [2.45, 2.75) is 24.0 Å². The first-order valence-electron chi connectivity index (χ1n) is 10.1. The van der Waals surface area contributed by atoms with Gasteiger partial charge in [-0.05, 0) is 30.5 Å². The molecule has 9 heteroatoms. The van der Waals surface area contributed by atoms with E-state index in [1.807, 2.05) is 30.3 Å². The van der Waals surface area contributed by atoms with Gasteiger partial charge < -0.3 is 10.3 Å². The highest BCUT2D eigenvalue weighted by atomic mass is 32.2. The summed E-state index contributed by atoms with van der Waals surface area (Å²) in [6.45, 7) is 0. The van der Waals surface area contributed by atoms with Gasteiger partial charge in [0.15, 0.2) is 5.16 Å². The molecule has 2 aromatic carbocycles. The third-order valence-electron chi connectivity index (χ3n) is 5.23. The zero-order valence-electron chi connectivity index (χ0n) is 16.8. The number of nitrogens with zero attached hydrogens (tertiary/aromatic N) is 2. The van der Waals surface area contributed by atoms with E-state index < -0.39 is 17.5 Å². The van der Waals surface area contributed by atoms with Crippen molar-refractivity contribution in [3.8, 4) is 11.1 Å². The van der Waals surface area contributed by atoms with E-state index in [0.29, 0.717) is 16.2 Å². The molecule has 162 valence electrons. The smallest absolute Gasteiger partial charge is 0.278 e. The Morgan fingerprint density at radius 3 is 2.72 bits per heavy atom. The van der Waals surface area contributed by atoms with Gasteiger partial charge in [0.2, 0.25) is 5.91 Å². The summed E-state index contributed by atoms with van der Waals surface area (Å²) in [4.78, 5) is 33.3. The number of aromatic nitrogens is 3. The van der Waals surface area contributed by atoms with Crippen LogP contribution in [0.2, 0.25) is 0 Å². The van der Waals surface area contributed by atoms with E-state index in [9.17, 15) is 18.4 Å². The topological polar surface area (TPSA) is 79.8 Å². The fourth-order valence-corrected chi connectivity index (χ4v) is 4.41. The Bertz CT molecular complexity index is 1380. The number of hydrogen-bond acceptors (Lipinski definition) is 4. The van der Waals surface area contributed by atoms with Gasteiger partial charge in [-0.3, -0.25) is 14.2 Å². The van der Waals surface area contributed by atoms with Crippen LogP contribution in [0.25, 0.3) is 22.2 Å². The molecule has 5 rings (SSSR count). The summed E-state index contributed by atoms with van der Waals surface area (Å²) in [6.07, 6.45) is 3.50. The number of anilines is 1. The minimum absolute atomic E-state index is 0.0501. The zero-order chi connectivity index (χ0) is 22.2. The van der Waals surface area contributed by atoms with Crippen LogP contribution >= 0.6 is 11.8 Å². The third kappa shape index (κ3) is 3.91. The zero-order valence-corrected chi connectivity index (χ0v) is 17.6. The van der Waals surface area contributed by atoms with E-state index in [1.54, 1.807) is 10.8 Å². The molecule has 0 aliphatic heterocycles. The Hall–Kier alpha value is -3.46. The molecule has 2 aromatic heterocycles. The van der Waals surface area contributed by atoms with E-state index in [2.05, 4.69) is 10.3 Å². The van der Waals surface area contributed by atoms with Gasteiger partial charge in [0.1, 0.15) is 22.7 Å². The number of halogens is 2. The Labute approximate surface area is 185 Å². The maximum Gasteiger partial charge on any atom is 0.278 e. The lowest BCUT2D eigenvalue weighted by Crippen LogP contribution is -2.23. The van der Waals surface area contributed by atoms with Crippen molar-refractivity contribution in [3.05, 3.63) is 76.7 Å². The summed E-state index contributed by atoms with van der Waals surface area (Å²) in [7, 11) is 0. The monoisotopic (exact) mass is 452 g/mol. The van der Waals surface area contributed by atoms with E-state index in [0.717, 1.165) is 53.9 Å².